The summed E-state index contributed by atoms with van der Waals surface area (Å²) in [5.41, 5.74) is 1.61. The number of benzene rings is 2. The summed E-state index contributed by atoms with van der Waals surface area (Å²) >= 11 is 11.9. The van der Waals surface area contributed by atoms with Gasteiger partial charge in [0.25, 0.3) is 0 Å². The van der Waals surface area contributed by atoms with Crippen LogP contribution in [0.3, 0.4) is 0 Å². The van der Waals surface area contributed by atoms with E-state index < -0.39 is 6.04 Å². The second-order valence-electron chi connectivity index (χ2n) is 6.86. The van der Waals surface area contributed by atoms with E-state index in [0.29, 0.717) is 40.0 Å². The largest absolute Gasteiger partial charge is 0.335 e. The summed E-state index contributed by atoms with van der Waals surface area (Å²) in [4.78, 5) is 16.9. The first-order valence-electron chi connectivity index (χ1n) is 9.23. The van der Waals surface area contributed by atoms with E-state index in [2.05, 4.69) is 26.1 Å². The Bertz CT molecular complexity index is 971. The van der Waals surface area contributed by atoms with Crippen LogP contribution < -0.4 is 16.0 Å². The Balaban J connectivity index is 1.48. The summed E-state index contributed by atoms with van der Waals surface area (Å²) in [6, 6.07) is 14.2. The normalized spacial score (nSPS) is 14.3. The predicted octanol–water partition coefficient (Wildman–Crippen LogP) is 5.06. The Morgan fingerprint density at radius 3 is 2.38 bits per heavy atom. The highest BCUT2D eigenvalue weighted by molar-refractivity contribution is 6.30. The topological polar surface area (TPSA) is 92.1 Å². The van der Waals surface area contributed by atoms with Crippen molar-refractivity contribution in [3.8, 4) is 0 Å². The third-order valence-corrected chi connectivity index (χ3v) is 4.92. The molecule has 0 saturated heterocycles. The molecule has 1 heterocycles. The zero-order valence-corrected chi connectivity index (χ0v) is 16.9. The van der Waals surface area contributed by atoms with Crippen LogP contribution in [0.2, 0.25) is 10.0 Å². The van der Waals surface area contributed by atoms with Gasteiger partial charge in [0.05, 0.1) is 6.04 Å². The fourth-order valence-corrected chi connectivity index (χ4v) is 3.01. The summed E-state index contributed by atoms with van der Waals surface area (Å²) in [6.45, 7) is 0. The third kappa shape index (κ3) is 5.62. The molecule has 1 aliphatic rings. The van der Waals surface area contributed by atoms with Crippen LogP contribution in [0.5, 0.6) is 0 Å². The molecule has 3 N–H and O–H groups in total. The number of amides is 2. The number of nitrogens with one attached hydrogen (secondary N) is 3. The maximum atomic E-state index is 12.5. The van der Waals surface area contributed by atoms with Crippen molar-refractivity contribution in [2.24, 2.45) is 0 Å². The van der Waals surface area contributed by atoms with Crippen molar-refractivity contribution in [2.45, 2.75) is 31.3 Å². The van der Waals surface area contributed by atoms with Gasteiger partial charge in [-0.25, -0.2) is 4.79 Å². The number of carbonyl (C=O) groups is 1. The van der Waals surface area contributed by atoms with Gasteiger partial charge >= 0.3 is 12.0 Å². The molecule has 150 valence electrons. The number of hydrogen-bond donors (Lipinski definition) is 3. The SMILES string of the molecule is O=C(Nc1ccc(Cl)cc1)NC(Cc1ccc(Cl)cc1)c1noc(NC2CC2)n1. The number of hydrogen-bond acceptors (Lipinski definition) is 5. The molecular weight excluding hydrogens is 413 g/mol. The minimum atomic E-state index is -0.484. The lowest BCUT2D eigenvalue weighted by atomic mass is 10.1. The zero-order valence-electron chi connectivity index (χ0n) is 15.4. The molecule has 1 aliphatic carbocycles. The molecule has 1 atom stereocenters. The highest BCUT2D eigenvalue weighted by atomic mass is 35.5. The quantitative estimate of drug-likeness (QED) is 0.486. The number of aromatic nitrogens is 2. The molecule has 3 aromatic rings. The fraction of sp³-hybridized carbons (Fsp3) is 0.250. The van der Waals surface area contributed by atoms with Crippen LogP contribution in [-0.2, 0) is 6.42 Å². The molecule has 1 fully saturated rings. The summed E-state index contributed by atoms with van der Waals surface area (Å²) in [5.74, 6) is 0.398. The first-order valence-corrected chi connectivity index (χ1v) is 9.98. The number of carbonyl (C=O) groups excluding carboxylic acids is 1. The predicted molar refractivity (Wildman–Crippen MR) is 112 cm³/mol. The van der Waals surface area contributed by atoms with E-state index in [9.17, 15) is 4.79 Å². The smallest absolute Gasteiger partial charge is 0.321 e. The molecule has 4 rings (SSSR count). The summed E-state index contributed by atoms with van der Waals surface area (Å²) in [6.07, 6.45) is 2.66. The van der Waals surface area contributed by atoms with Crippen molar-refractivity contribution >= 4 is 40.9 Å². The maximum Gasteiger partial charge on any atom is 0.321 e. The minimum Gasteiger partial charge on any atom is -0.335 e. The van der Waals surface area contributed by atoms with Gasteiger partial charge in [0.2, 0.25) is 0 Å². The van der Waals surface area contributed by atoms with Crippen LogP contribution in [0, 0.1) is 0 Å². The molecule has 29 heavy (non-hydrogen) atoms. The Labute approximate surface area is 177 Å². The molecule has 2 amide bonds. The van der Waals surface area contributed by atoms with Gasteiger partial charge in [0.15, 0.2) is 5.82 Å². The molecule has 0 bridgehead atoms. The van der Waals surface area contributed by atoms with Crippen LogP contribution in [-0.4, -0.2) is 22.2 Å². The molecule has 7 nitrogen and oxygen atoms in total. The monoisotopic (exact) mass is 431 g/mol. The molecule has 0 radical (unpaired) electrons. The molecular formula is C20H19Cl2N5O2. The van der Waals surface area contributed by atoms with E-state index in [1.54, 1.807) is 36.4 Å². The van der Waals surface area contributed by atoms with Gasteiger partial charge in [-0.3, -0.25) is 0 Å². The van der Waals surface area contributed by atoms with E-state index in [1.807, 2.05) is 12.1 Å². The van der Waals surface area contributed by atoms with E-state index in [1.165, 1.54) is 0 Å². The summed E-state index contributed by atoms with van der Waals surface area (Å²) in [7, 11) is 0. The van der Waals surface area contributed by atoms with Crippen LogP contribution in [0.25, 0.3) is 0 Å². The third-order valence-electron chi connectivity index (χ3n) is 4.42. The lowest BCUT2D eigenvalue weighted by molar-refractivity contribution is 0.247. The highest BCUT2D eigenvalue weighted by Gasteiger charge is 2.26. The molecule has 2 aromatic carbocycles. The Morgan fingerprint density at radius 2 is 1.72 bits per heavy atom. The average Bonchev–Trinajstić information content (AvgIpc) is 3.39. The van der Waals surface area contributed by atoms with Crippen molar-refractivity contribution in [2.75, 3.05) is 10.6 Å². The van der Waals surface area contributed by atoms with Crippen LogP contribution >= 0.6 is 23.2 Å². The van der Waals surface area contributed by atoms with Crippen molar-refractivity contribution in [1.29, 1.82) is 0 Å². The maximum absolute atomic E-state index is 12.5. The van der Waals surface area contributed by atoms with E-state index in [4.69, 9.17) is 27.7 Å². The molecule has 1 saturated carbocycles. The van der Waals surface area contributed by atoms with Gasteiger partial charge < -0.3 is 20.5 Å². The lowest BCUT2D eigenvalue weighted by Gasteiger charge is -2.16. The standard InChI is InChI=1S/C20H19Cl2N5O2/c21-13-3-1-12(2-4-13)11-17(18-26-20(29-27-18)24-16-9-10-16)25-19(28)23-15-7-5-14(22)6-8-15/h1-8,16-17H,9-11H2,(H2,23,25,28)(H,24,26,27). The Morgan fingerprint density at radius 1 is 1.07 bits per heavy atom. The van der Waals surface area contributed by atoms with Gasteiger partial charge in [-0.1, -0.05) is 40.5 Å². The van der Waals surface area contributed by atoms with Crippen LogP contribution in [0.4, 0.5) is 16.5 Å². The van der Waals surface area contributed by atoms with Crippen molar-refractivity contribution in [3.05, 3.63) is 70.0 Å². The van der Waals surface area contributed by atoms with Crippen molar-refractivity contribution in [1.82, 2.24) is 15.5 Å². The first kappa shape index (κ1) is 19.5. The van der Waals surface area contributed by atoms with Crippen LogP contribution in [0.15, 0.2) is 53.1 Å². The van der Waals surface area contributed by atoms with Crippen molar-refractivity contribution in [3.63, 3.8) is 0 Å². The molecule has 1 aromatic heterocycles. The Hall–Kier alpha value is -2.77. The van der Waals surface area contributed by atoms with Gasteiger partial charge in [-0.05, 0) is 54.8 Å². The number of halogens is 2. The van der Waals surface area contributed by atoms with Gasteiger partial charge in [0.1, 0.15) is 0 Å². The van der Waals surface area contributed by atoms with Crippen molar-refractivity contribution < 1.29 is 9.32 Å². The highest BCUT2D eigenvalue weighted by Crippen LogP contribution is 2.25. The average molecular weight is 432 g/mol. The molecule has 9 heteroatoms. The van der Waals surface area contributed by atoms with E-state index in [0.717, 1.165) is 18.4 Å². The second-order valence-corrected chi connectivity index (χ2v) is 7.74. The minimum absolute atomic E-state index is 0.364. The number of nitrogens with zero attached hydrogens (tertiary/aromatic N) is 2. The number of rotatable bonds is 7. The van der Waals surface area contributed by atoms with Gasteiger partial charge in [-0.2, -0.15) is 4.98 Å². The fourth-order valence-electron chi connectivity index (χ4n) is 2.76. The zero-order chi connectivity index (χ0) is 20.2. The Kier molecular flexibility index (Phi) is 5.87. The van der Waals surface area contributed by atoms with Gasteiger partial charge in [0, 0.05) is 28.2 Å². The van der Waals surface area contributed by atoms with Crippen LogP contribution in [0.1, 0.15) is 30.3 Å². The van der Waals surface area contributed by atoms with E-state index in [-0.39, 0.29) is 6.03 Å². The summed E-state index contributed by atoms with van der Waals surface area (Å²) in [5, 5.41) is 14.1. The number of urea groups is 1. The number of anilines is 2. The lowest BCUT2D eigenvalue weighted by Crippen LogP contribution is -2.34. The summed E-state index contributed by atoms with van der Waals surface area (Å²) < 4.78 is 5.29. The molecule has 1 unspecified atom stereocenters. The molecule has 0 aliphatic heterocycles. The molecule has 0 spiro atoms. The first-order chi connectivity index (χ1) is 14.0. The second kappa shape index (κ2) is 8.71. The van der Waals surface area contributed by atoms with E-state index >= 15 is 0 Å². The van der Waals surface area contributed by atoms with Gasteiger partial charge in [-0.15, -0.1) is 0 Å².